The fourth-order valence-electron chi connectivity index (χ4n) is 5.36. The summed E-state index contributed by atoms with van der Waals surface area (Å²) in [7, 11) is 1.30. The molecule has 0 fully saturated rings. The summed E-state index contributed by atoms with van der Waals surface area (Å²) < 4.78 is 20.7. The van der Waals surface area contributed by atoms with Crippen LogP contribution in [-0.2, 0) is 16.1 Å². The number of carboxylic acids is 1. The first-order chi connectivity index (χ1) is 22.0. The monoisotopic (exact) mass is 652 g/mol. The SMILES string of the molecule is COC(=O)c1cccc(CNC(=O)c2c(-c3ccccc3)c(-c3ccc(F)cc3)c(/C=C/[C@@H](O)C[C@@H](O)CC(=O)O)n2C(C)C)c1.[NaH]. The molecule has 9 nitrogen and oxygen atoms in total. The van der Waals surface area contributed by atoms with Crippen LogP contribution in [0.5, 0.6) is 0 Å². The van der Waals surface area contributed by atoms with Crippen molar-refractivity contribution in [3.8, 4) is 22.3 Å². The van der Waals surface area contributed by atoms with E-state index < -0.39 is 42.3 Å². The van der Waals surface area contributed by atoms with Crippen molar-refractivity contribution in [3.05, 3.63) is 113 Å². The number of aromatic nitrogens is 1. The molecule has 0 unspecified atom stereocenters. The molecule has 0 radical (unpaired) electrons. The summed E-state index contributed by atoms with van der Waals surface area (Å²) >= 11 is 0. The number of carboxylic acid groups (broad SMARTS) is 1. The van der Waals surface area contributed by atoms with Gasteiger partial charge in [0.05, 0.1) is 31.3 Å². The number of amides is 1. The summed E-state index contributed by atoms with van der Waals surface area (Å²) in [5.74, 6) is -2.51. The predicted molar refractivity (Wildman–Crippen MR) is 180 cm³/mol. The van der Waals surface area contributed by atoms with Crippen molar-refractivity contribution in [2.24, 2.45) is 0 Å². The quantitative estimate of drug-likeness (QED) is 0.115. The Balaban J connectivity index is 0.00000600. The zero-order chi connectivity index (χ0) is 33.4. The first-order valence-electron chi connectivity index (χ1n) is 14.8. The van der Waals surface area contributed by atoms with E-state index in [9.17, 15) is 29.0 Å². The number of benzene rings is 3. The fourth-order valence-corrected chi connectivity index (χ4v) is 5.36. The number of halogens is 1. The van der Waals surface area contributed by atoms with Crippen LogP contribution in [0.4, 0.5) is 4.39 Å². The summed E-state index contributed by atoms with van der Waals surface area (Å²) in [6, 6.07) is 21.7. The van der Waals surface area contributed by atoms with Gasteiger partial charge in [0, 0.05) is 35.8 Å². The van der Waals surface area contributed by atoms with Crippen LogP contribution in [0, 0.1) is 5.82 Å². The van der Waals surface area contributed by atoms with Crippen LogP contribution in [-0.4, -0.2) is 86.6 Å². The zero-order valence-corrected chi connectivity index (χ0v) is 25.8. The Morgan fingerprint density at radius 2 is 1.60 bits per heavy atom. The molecule has 0 aliphatic rings. The third-order valence-corrected chi connectivity index (χ3v) is 7.37. The number of carbonyl (C=O) groups excluding carboxylic acids is 2. The number of hydrogen-bond acceptors (Lipinski definition) is 6. The third kappa shape index (κ3) is 9.50. The van der Waals surface area contributed by atoms with E-state index in [1.54, 1.807) is 42.5 Å². The Morgan fingerprint density at radius 1 is 0.936 bits per heavy atom. The molecule has 1 amide bonds. The fraction of sp³-hybridized carbons (Fsp3) is 0.250. The van der Waals surface area contributed by atoms with Crippen LogP contribution in [0.2, 0.25) is 0 Å². The molecule has 11 heteroatoms. The van der Waals surface area contributed by atoms with Gasteiger partial charge in [0.1, 0.15) is 11.5 Å². The minimum absolute atomic E-state index is 0. The molecule has 1 aromatic heterocycles. The van der Waals surface area contributed by atoms with Gasteiger partial charge in [-0.25, -0.2) is 9.18 Å². The van der Waals surface area contributed by atoms with Crippen molar-refractivity contribution in [1.82, 2.24) is 9.88 Å². The summed E-state index contributed by atoms with van der Waals surface area (Å²) in [5, 5.41) is 32.8. The normalized spacial score (nSPS) is 12.4. The Bertz CT molecular complexity index is 1720. The number of esters is 1. The van der Waals surface area contributed by atoms with Gasteiger partial charge < -0.3 is 29.9 Å². The van der Waals surface area contributed by atoms with E-state index in [4.69, 9.17) is 9.84 Å². The van der Waals surface area contributed by atoms with Gasteiger partial charge in [0.15, 0.2) is 0 Å². The van der Waals surface area contributed by atoms with E-state index in [-0.39, 0.29) is 48.6 Å². The van der Waals surface area contributed by atoms with Gasteiger partial charge in [-0.2, -0.15) is 0 Å². The van der Waals surface area contributed by atoms with Gasteiger partial charge in [-0.1, -0.05) is 60.7 Å². The van der Waals surface area contributed by atoms with Crippen LogP contribution in [0.3, 0.4) is 0 Å². The van der Waals surface area contributed by atoms with Gasteiger partial charge in [-0.15, -0.1) is 0 Å². The topological polar surface area (TPSA) is 138 Å². The molecule has 0 spiro atoms. The Labute approximate surface area is 295 Å². The first-order valence-corrected chi connectivity index (χ1v) is 14.8. The number of carbonyl (C=O) groups is 3. The average Bonchev–Trinajstić information content (AvgIpc) is 3.38. The number of hydrogen-bond donors (Lipinski definition) is 4. The predicted octanol–water partition coefficient (Wildman–Crippen LogP) is 5.21. The molecule has 4 aromatic rings. The second-order valence-corrected chi connectivity index (χ2v) is 11.1. The molecule has 4 N–H and O–H groups in total. The van der Waals surface area contributed by atoms with Crippen molar-refractivity contribution in [3.63, 3.8) is 0 Å². The number of ether oxygens (including phenoxy) is 1. The molecule has 4 rings (SSSR count). The molecular weight excluding hydrogens is 614 g/mol. The summed E-state index contributed by atoms with van der Waals surface area (Å²) in [6.07, 6.45) is -0.0873. The van der Waals surface area contributed by atoms with Crippen molar-refractivity contribution in [2.75, 3.05) is 7.11 Å². The number of aliphatic carboxylic acids is 1. The number of methoxy groups -OCH3 is 1. The van der Waals surface area contributed by atoms with Gasteiger partial charge in [-0.3, -0.25) is 9.59 Å². The van der Waals surface area contributed by atoms with Crippen LogP contribution < -0.4 is 5.32 Å². The van der Waals surface area contributed by atoms with Crippen molar-refractivity contribution < 1.29 is 38.8 Å². The minimum atomic E-state index is -1.26. The Morgan fingerprint density at radius 3 is 2.21 bits per heavy atom. The number of nitrogens with one attached hydrogen (secondary N) is 1. The maximum absolute atomic E-state index is 14.2. The maximum atomic E-state index is 14.2. The van der Waals surface area contributed by atoms with Crippen molar-refractivity contribution >= 4 is 53.5 Å². The van der Waals surface area contributed by atoms with E-state index in [0.717, 1.165) is 5.56 Å². The van der Waals surface area contributed by atoms with Gasteiger partial charge in [-0.05, 0) is 60.9 Å². The molecule has 0 saturated heterocycles. The molecule has 242 valence electrons. The summed E-state index contributed by atoms with van der Waals surface area (Å²) in [5.41, 5.74) is 4.46. The molecule has 0 aliphatic heterocycles. The number of rotatable bonds is 13. The molecule has 3 aromatic carbocycles. The van der Waals surface area contributed by atoms with Crippen LogP contribution in [0.1, 0.15) is 64.8 Å². The summed E-state index contributed by atoms with van der Waals surface area (Å²) in [6.45, 7) is 3.92. The van der Waals surface area contributed by atoms with Gasteiger partial charge in [0.25, 0.3) is 5.91 Å². The average molecular weight is 653 g/mol. The van der Waals surface area contributed by atoms with Crippen LogP contribution >= 0.6 is 0 Å². The number of aliphatic hydroxyl groups excluding tert-OH is 2. The molecule has 0 bridgehead atoms. The third-order valence-electron chi connectivity index (χ3n) is 7.37. The molecule has 1 heterocycles. The summed E-state index contributed by atoms with van der Waals surface area (Å²) in [4.78, 5) is 37.3. The molecule has 0 aliphatic carbocycles. The van der Waals surface area contributed by atoms with Crippen LogP contribution in [0.25, 0.3) is 28.3 Å². The number of aliphatic hydroxyl groups is 2. The zero-order valence-electron chi connectivity index (χ0n) is 25.8. The molecule has 47 heavy (non-hydrogen) atoms. The second kappa shape index (κ2) is 17.2. The van der Waals surface area contributed by atoms with Crippen LogP contribution in [0.15, 0.2) is 84.9 Å². The molecule has 0 saturated carbocycles. The first kappa shape index (κ1) is 37.4. The van der Waals surface area contributed by atoms with Crippen molar-refractivity contribution in [2.45, 2.75) is 51.5 Å². The standard InChI is InChI=1S/C36H37FN2O7.Na.H/c1-22(2)39-30(17-16-28(40)19-29(41)20-31(42)43)32(25-12-14-27(37)15-13-25)33(24-9-5-4-6-10-24)34(39)35(44)38-21-23-8-7-11-26(18-23)36(45)46-3;;/h4-18,22,28-29,40-41H,19-21H2,1-3H3,(H,38,44)(H,42,43);;/b17-16+;;/t28-,29-;;/m1../s1. The molecular formula is C36H38FN2NaO7. The van der Waals surface area contributed by atoms with E-state index >= 15 is 0 Å². The molecule has 2 atom stereocenters. The van der Waals surface area contributed by atoms with Gasteiger partial charge in [0.2, 0.25) is 0 Å². The van der Waals surface area contributed by atoms with E-state index in [2.05, 4.69) is 5.32 Å². The van der Waals surface area contributed by atoms with E-state index in [1.807, 2.05) is 48.7 Å². The second-order valence-electron chi connectivity index (χ2n) is 11.1. The Kier molecular flexibility index (Phi) is 13.7. The number of nitrogens with zero attached hydrogens (tertiary/aromatic N) is 1. The van der Waals surface area contributed by atoms with Crippen molar-refractivity contribution in [1.29, 1.82) is 0 Å². The Hall–Kier alpha value is -4.06. The van der Waals surface area contributed by atoms with E-state index in [0.29, 0.717) is 39.2 Å². The van der Waals surface area contributed by atoms with E-state index in [1.165, 1.54) is 25.3 Å². The van der Waals surface area contributed by atoms with Gasteiger partial charge >= 0.3 is 41.5 Å².